The van der Waals surface area contributed by atoms with Crippen molar-refractivity contribution in [3.63, 3.8) is 0 Å². The van der Waals surface area contributed by atoms with Crippen LogP contribution < -0.4 is 10.6 Å². The van der Waals surface area contributed by atoms with Gasteiger partial charge in [-0.1, -0.05) is 13.0 Å². The lowest BCUT2D eigenvalue weighted by molar-refractivity contribution is 0.727. The predicted molar refractivity (Wildman–Crippen MR) is 114 cm³/mol. The summed E-state index contributed by atoms with van der Waals surface area (Å²) in [5, 5.41) is 13.0. The zero-order valence-electron chi connectivity index (χ0n) is 14.7. The number of aromatic nitrogens is 2. The van der Waals surface area contributed by atoms with Crippen LogP contribution in [0.25, 0.3) is 0 Å². The molecule has 0 aliphatic heterocycles. The van der Waals surface area contributed by atoms with Crippen molar-refractivity contribution in [1.29, 1.82) is 0 Å². The van der Waals surface area contributed by atoms with Crippen LogP contribution in [-0.2, 0) is 13.5 Å². The van der Waals surface area contributed by atoms with Crippen molar-refractivity contribution in [1.82, 2.24) is 20.4 Å². The number of hydrogen-bond acceptors (Lipinski definition) is 3. The fourth-order valence-corrected chi connectivity index (χ4v) is 3.11. The monoisotopic (exact) mass is 461 g/mol. The van der Waals surface area contributed by atoms with Gasteiger partial charge in [-0.15, -0.1) is 35.3 Å². The van der Waals surface area contributed by atoms with Gasteiger partial charge >= 0.3 is 0 Å². The Morgan fingerprint density at radius 3 is 2.88 bits per heavy atom. The van der Waals surface area contributed by atoms with E-state index in [1.807, 2.05) is 17.9 Å². The van der Waals surface area contributed by atoms with E-state index < -0.39 is 0 Å². The van der Waals surface area contributed by atoms with Crippen LogP contribution in [0.3, 0.4) is 0 Å². The second kappa shape index (κ2) is 11.5. The number of aliphatic imine (C=N–C) groups is 1. The van der Waals surface area contributed by atoms with Gasteiger partial charge in [-0.05, 0) is 36.8 Å². The SMILES string of the molecule is CCNC(=NCC(C)c1cccs1)NCCCc1cnn(C)c1.I. The lowest BCUT2D eigenvalue weighted by atomic mass is 10.1. The summed E-state index contributed by atoms with van der Waals surface area (Å²) < 4.78 is 1.85. The van der Waals surface area contributed by atoms with Gasteiger partial charge in [0, 0.05) is 37.1 Å². The first kappa shape index (κ1) is 21.0. The highest BCUT2D eigenvalue weighted by molar-refractivity contribution is 14.0. The average molecular weight is 461 g/mol. The number of rotatable bonds is 8. The highest BCUT2D eigenvalue weighted by Crippen LogP contribution is 2.20. The zero-order valence-corrected chi connectivity index (χ0v) is 17.8. The van der Waals surface area contributed by atoms with E-state index in [1.54, 1.807) is 11.3 Å². The highest BCUT2D eigenvalue weighted by Gasteiger charge is 2.06. The van der Waals surface area contributed by atoms with Gasteiger partial charge in [0.05, 0.1) is 12.7 Å². The van der Waals surface area contributed by atoms with Crippen LogP contribution in [0.1, 0.15) is 36.6 Å². The minimum Gasteiger partial charge on any atom is -0.357 e. The molecule has 2 aromatic rings. The van der Waals surface area contributed by atoms with Crippen molar-refractivity contribution < 1.29 is 0 Å². The van der Waals surface area contributed by atoms with E-state index in [9.17, 15) is 0 Å². The molecule has 0 radical (unpaired) electrons. The molecule has 0 bridgehead atoms. The minimum atomic E-state index is 0. The largest absolute Gasteiger partial charge is 0.357 e. The molecule has 1 unspecified atom stereocenters. The molecular formula is C17H28IN5S. The molecule has 0 aromatic carbocycles. The third-order valence-corrected chi connectivity index (χ3v) is 4.69. The summed E-state index contributed by atoms with van der Waals surface area (Å²) in [6, 6.07) is 4.28. The van der Waals surface area contributed by atoms with Gasteiger partial charge in [0.15, 0.2) is 5.96 Å². The molecule has 1 atom stereocenters. The fraction of sp³-hybridized carbons (Fsp3) is 0.529. The summed E-state index contributed by atoms with van der Waals surface area (Å²) in [5.41, 5.74) is 1.28. The number of aryl methyl sites for hydroxylation is 2. The van der Waals surface area contributed by atoms with E-state index in [0.717, 1.165) is 38.4 Å². The van der Waals surface area contributed by atoms with E-state index in [1.165, 1.54) is 10.4 Å². The molecular weight excluding hydrogens is 433 g/mol. The normalized spacial score (nSPS) is 12.5. The van der Waals surface area contributed by atoms with E-state index in [4.69, 9.17) is 4.99 Å². The maximum Gasteiger partial charge on any atom is 0.191 e. The van der Waals surface area contributed by atoms with Gasteiger partial charge < -0.3 is 10.6 Å². The molecule has 0 aliphatic carbocycles. The molecule has 2 heterocycles. The standard InChI is InChI=1S/C17H27N5S.HI/c1-4-18-17(20-11-14(2)16-8-6-10-23-16)19-9-5-7-15-12-21-22(3)13-15;/h6,8,10,12-14H,4-5,7,9,11H2,1-3H3,(H2,18,19,20);1H. The van der Waals surface area contributed by atoms with E-state index >= 15 is 0 Å². The van der Waals surface area contributed by atoms with Crippen molar-refractivity contribution in [3.05, 3.63) is 40.3 Å². The first-order valence-electron chi connectivity index (χ1n) is 8.22. The van der Waals surface area contributed by atoms with Gasteiger partial charge in [0.25, 0.3) is 0 Å². The second-order valence-corrected chi connectivity index (χ2v) is 6.67. The molecule has 0 fully saturated rings. The first-order valence-corrected chi connectivity index (χ1v) is 9.10. The zero-order chi connectivity index (χ0) is 16.5. The van der Waals surface area contributed by atoms with Crippen LogP contribution in [0.2, 0.25) is 0 Å². The number of hydrogen-bond donors (Lipinski definition) is 2. The fourth-order valence-electron chi connectivity index (χ4n) is 2.33. The molecule has 0 saturated heterocycles. The molecule has 134 valence electrons. The first-order chi connectivity index (χ1) is 11.2. The van der Waals surface area contributed by atoms with Crippen LogP contribution in [-0.4, -0.2) is 35.4 Å². The predicted octanol–water partition coefficient (Wildman–Crippen LogP) is 3.39. The van der Waals surface area contributed by atoms with Crippen LogP contribution in [0.5, 0.6) is 0 Å². The third kappa shape index (κ3) is 7.21. The van der Waals surface area contributed by atoms with Crippen molar-refractivity contribution in [2.45, 2.75) is 32.6 Å². The van der Waals surface area contributed by atoms with Gasteiger partial charge in [0.2, 0.25) is 0 Å². The smallest absolute Gasteiger partial charge is 0.191 e. The van der Waals surface area contributed by atoms with Gasteiger partial charge in [-0.25, -0.2) is 0 Å². The topological polar surface area (TPSA) is 54.2 Å². The van der Waals surface area contributed by atoms with Crippen LogP contribution >= 0.6 is 35.3 Å². The maximum atomic E-state index is 4.70. The number of thiophene rings is 1. The molecule has 5 nitrogen and oxygen atoms in total. The van der Waals surface area contributed by atoms with Crippen molar-refractivity contribution >= 4 is 41.3 Å². The van der Waals surface area contributed by atoms with Crippen LogP contribution in [0, 0.1) is 0 Å². The molecule has 2 aromatic heterocycles. The van der Waals surface area contributed by atoms with E-state index in [-0.39, 0.29) is 24.0 Å². The number of halogens is 1. The summed E-state index contributed by atoms with van der Waals surface area (Å²) in [5.74, 6) is 1.36. The molecule has 2 rings (SSSR count). The molecule has 0 aliphatic rings. The Labute approximate surface area is 166 Å². The Morgan fingerprint density at radius 1 is 1.42 bits per heavy atom. The summed E-state index contributed by atoms with van der Waals surface area (Å²) in [6.45, 7) is 6.91. The van der Waals surface area contributed by atoms with Crippen LogP contribution in [0.4, 0.5) is 0 Å². The number of nitrogens with one attached hydrogen (secondary N) is 2. The summed E-state index contributed by atoms with van der Waals surface area (Å²) in [7, 11) is 1.95. The van der Waals surface area contributed by atoms with Gasteiger partial charge in [0.1, 0.15) is 0 Å². The Balaban J connectivity index is 0.00000288. The number of nitrogens with zero attached hydrogens (tertiary/aromatic N) is 3. The molecule has 0 amide bonds. The van der Waals surface area contributed by atoms with Crippen LogP contribution in [0.15, 0.2) is 34.9 Å². The molecule has 7 heteroatoms. The second-order valence-electron chi connectivity index (χ2n) is 5.69. The Kier molecular flexibility index (Phi) is 10.0. The lowest BCUT2D eigenvalue weighted by Gasteiger charge is -2.12. The Morgan fingerprint density at radius 2 is 2.25 bits per heavy atom. The van der Waals surface area contributed by atoms with Crippen molar-refractivity contribution in [2.75, 3.05) is 19.6 Å². The average Bonchev–Trinajstić information content (AvgIpc) is 3.20. The molecule has 24 heavy (non-hydrogen) atoms. The summed E-state index contributed by atoms with van der Waals surface area (Å²) >= 11 is 1.80. The lowest BCUT2D eigenvalue weighted by Crippen LogP contribution is -2.38. The van der Waals surface area contributed by atoms with Gasteiger partial charge in [-0.2, -0.15) is 5.10 Å². The summed E-state index contributed by atoms with van der Waals surface area (Å²) in [4.78, 5) is 6.09. The quantitative estimate of drug-likeness (QED) is 0.274. The molecule has 2 N–H and O–H groups in total. The molecule has 0 spiro atoms. The minimum absolute atomic E-state index is 0. The number of guanidine groups is 1. The maximum absolute atomic E-state index is 4.70. The van der Waals surface area contributed by atoms with Gasteiger partial charge in [-0.3, -0.25) is 9.67 Å². The Bertz CT molecular complexity index is 594. The van der Waals surface area contributed by atoms with E-state index in [2.05, 4.69) is 53.3 Å². The molecule has 0 saturated carbocycles. The third-order valence-electron chi connectivity index (χ3n) is 3.59. The van der Waals surface area contributed by atoms with Crippen molar-refractivity contribution in [3.8, 4) is 0 Å². The van der Waals surface area contributed by atoms with Crippen molar-refractivity contribution in [2.24, 2.45) is 12.0 Å². The van der Waals surface area contributed by atoms with E-state index in [0.29, 0.717) is 5.92 Å². The Hall–Kier alpha value is -1.09. The highest BCUT2D eigenvalue weighted by atomic mass is 127. The summed E-state index contributed by atoms with van der Waals surface area (Å²) in [6.07, 6.45) is 6.10.